The summed E-state index contributed by atoms with van der Waals surface area (Å²) in [4.78, 5) is 4.69. The molecule has 100 valence electrons. The molecular weight excluding hydrogens is 248 g/mol. The van der Waals surface area contributed by atoms with E-state index in [4.69, 9.17) is 4.42 Å². The van der Waals surface area contributed by atoms with E-state index in [2.05, 4.69) is 53.6 Å². The summed E-state index contributed by atoms with van der Waals surface area (Å²) < 4.78 is 5.97. The van der Waals surface area contributed by atoms with Gasteiger partial charge in [-0.1, -0.05) is 30.3 Å². The lowest BCUT2D eigenvalue weighted by atomic mass is 9.91. The van der Waals surface area contributed by atoms with Crippen molar-refractivity contribution in [2.45, 2.75) is 19.4 Å². The van der Waals surface area contributed by atoms with Crippen LogP contribution in [-0.4, -0.2) is 11.5 Å². The lowest BCUT2D eigenvalue weighted by Gasteiger charge is -2.23. The van der Waals surface area contributed by atoms with Gasteiger partial charge in [-0.25, -0.2) is 4.98 Å². The third-order valence-electron chi connectivity index (χ3n) is 3.95. The Kier molecular flexibility index (Phi) is 2.60. The monoisotopic (exact) mass is 264 g/mol. The molecule has 1 atom stereocenters. The Morgan fingerprint density at radius 3 is 3.05 bits per heavy atom. The molecule has 1 aliphatic heterocycles. The van der Waals surface area contributed by atoms with Crippen LogP contribution in [0.3, 0.4) is 0 Å². The molecule has 3 aromatic rings. The number of nitrogens with one attached hydrogen (secondary N) is 1. The molecule has 0 aliphatic carbocycles. The van der Waals surface area contributed by atoms with Crippen LogP contribution in [0.2, 0.25) is 0 Å². The summed E-state index contributed by atoms with van der Waals surface area (Å²) in [7, 11) is 0. The highest BCUT2D eigenvalue weighted by Crippen LogP contribution is 2.31. The lowest BCUT2D eigenvalue weighted by Crippen LogP contribution is -2.28. The maximum atomic E-state index is 5.97. The van der Waals surface area contributed by atoms with Crippen molar-refractivity contribution < 1.29 is 4.42 Å². The molecule has 4 rings (SSSR count). The van der Waals surface area contributed by atoms with Crippen LogP contribution < -0.4 is 5.32 Å². The van der Waals surface area contributed by atoms with Crippen molar-refractivity contribution in [1.82, 2.24) is 10.3 Å². The number of rotatable bonds is 1. The number of benzene rings is 2. The van der Waals surface area contributed by atoms with Gasteiger partial charge < -0.3 is 9.73 Å². The van der Waals surface area contributed by atoms with E-state index in [0.29, 0.717) is 0 Å². The third kappa shape index (κ3) is 1.82. The lowest BCUT2D eigenvalue weighted by molar-refractivity contribution is 0.464. The normalized spacial score (nSPS) is 18.1. The fourth-order valence-electron chi connectivity index (χ4n) is 2.92. The largest absolute Gasteiger partial charge is 0.440 e. The Labute approximate surface area is 117 Å². The van der Waals surface area contributed by atoms with Crippen molar-refractivity contribution in [1.29, 1.82) is 0 Å². The zero-order valence-corrected chi connectivity index (χ0v) is 11.4. The molecule has 1 aliphatic rings. The Hall–Kier alpha value is -2.13. The minimum absolute atomic E-state index is 0.202. The van der Waals surface area contributed by atoms with Crippen molar-refractivity contribution in [2.24, 2.45) is 0 Å². The van der Waals surface area contributed by atoms with E-state index in [9.17, 15) is 0 Å². The number of oxazole rings is 1. The van der Waals surface area contributed by atoms with Crippen molar-refractivity contribution in [3.05, 3.63) is 65.0 Å². The van der Waals surface area contributed by atoms with Crippen LogP contribution >= 0.6 is 0 Å². The summed E-state index contributed by atoms with van der Waals surface area (Å²) >= 11 is 0. The first kappa shape index (κ1) is 11.7. The van der Waals surface area contributed by atoms with Crippen molar-refractivity contribution in [2.75, 3.05) is 6.54 Å². The molecule has 0 spiro atoms. The Morgan fingerprint density at radius 1 is 1.20 bits per heavy atom. The number of aryl methyl sites for hydroxylation is 1. The average Bonchev–Trinajstić information content (AvgIpc) is 2.89. The van der Waals surface area contributed by atoms with Crippen LogP contribution in [0.5, 0.6) is 0 Å². The van der Waals surface area contributed by atoms with Crippen LogP contribution in [0.1, 0.15) is 28.5 Å². The fraction of sp³-hybridized carbons (Fsp3) is 0.235. The topological polar surface area (TPSA) is 38.1 Å². The molecule has 2 aromatic carbocycles. The molecule has 3 heteroatoms. The molecular formula is C17H16N2O. The van der Waals surface area contributed by atoms with Gasteiger partial charge in [-0.2, -0.15) is 0 Å². The second-order valence-corrected chi connectivity index (χ2v) is 5.41. The molecule has 0 saturated carbocycles. The molecule has 20 heavy (non-hydrogen) atoms. The highest BCUT2D eigenvalue weighted by Gasteiger charge is 2.25. The summed E-state index contributed by atoms with van der Waals surface area (Å²) in [6.45, 7) is 3.88. The zero-order valence-electron chi connectivity index (χ0n) is 11.4. The first-order chi connectivity index (χ1) is 9.81. The number of aromatic nitrogens is 1. The van der Waals surface area contributed by atoms with E-state index >= 15 is 0 Å². The van der Waals surface area contributed by atoms with Crippen LogP contribution in [0.4, 0.5) is 0 Å². The van der Waals surface area contributed by atoms with Crippen molar-refractivity contribution >= 4 is 11.1 Å². The van der Waals surface area contributed by atoms with Crippen LogP contribution in [0.25, 0.3) is 11.1 Å². The summed E-state index contributed by atoms with van der Waals surface area (Å²) in [5.41, 5.74) is 5.69. The molecule has 0 bridgehead atoms. The highest BCUT2D eigenvalue weighted by atomic mass is 16.3. The van der Waals surface area contributed by atoms with Gasteiger partial charge in [0.2, 0.25) is 5.89 Å². The number of fused-ring (bicyclic) bond motifs is 2. The highest BCUT2D eigenvalue weighted by molar-refractivity contribution is 5.73. The van der Waals surface area contributed by atoms with E-state index < -0.39 is 0 Å². The standard InChI is InChI=1S/C17H16N2O/c1-11-6-7-16-15(8-11)19-17(20-16)14-10-18-9-12-4-2-3-5-13(12)14/h2-8,14,18H,9-10H2,1H3. The number of hydrogen-bond acceptors (Lipinski definition) is 3. The molecule has 2 heterocycles. The van der Waals surface area contributed by atoms with Crippen molar-refractivity contribution in [3.8, 4) is 0 Å². The maximum Gasteiger partial charge on any atom is 0.204 e. The van der Waals surface area contributed by atoms with E-state index in [0.717, 1.165) is 30.1 Å². The number of nitrogens with zero attached hydrogens (tertiary/aromatic N) is 1. The Balaban J connectivity index is 1.84. The minimum atomic E-state index is 0.202. The van der Waals surface area contributed by atoms with E-state index in [1.807, 2.05) is 6.07 Å². The molecule has 3 nitrogen and oxygen atoms in total. The van der Waals surface area contributed by atoms with Gasteiger partial charge in [-0.05, 0) is 35.7 Å². The Bertz CT molecular complexity index is 776. The molecule has 0 fully saturated rings. The molecule has 0 saturated heterocycles. The smallest absolute Gasteiger partial charge is 0.204 e. The maximum absolute atomic E-state index is 5.97. The molecule has 1 aromatic heterocycles. The van der Waals surface area contributed by atoms with Crippen LogP contribution in [-0.2, 0) is 6.54 Å². The molecule has 0 radical (unpaired) electrons. The molecule has 1 N–H and O–H groups in total. The van der Waals surface area contributed by atoms with Gasteiger partial charge >= 0.3 is 0 Å². The summed E-state index contributed by atoms with van der Waals surface area (Å²) in [5.74, 6) is 1.01. The fourth-order valence-corrected chi connectivity index (χ4v) is 2.92. The minimum Gasteiger partial charge on any atom is -0.440 e. The van der Waals surface area contributed by atoms with E-state index in [1.165, 1.54) is 16.7 Å². The predicted octanol–water partition coefficient (Wildman–Crippen LogP) is 3.37. The third-order valence-corrected chi connectivity index (χ3v) is 3.95. The van der Waals surface area contributed by atoms with E-state index in [1.54, 1.807) is 0 Å². The zero-order chi connectivity index (χ0) is 13.5. The molecule has 0 amide bonds. The first-order valence-corrected chi connectivity index (χ1v) is 6.97. The Morgan fingerprint density at radius 2 is 2.10 bits per heavy atom. The van der Waals surface area contributed by atoms with Gasteiger partial charge in [0.25, 0.3) is 0 Å². The first-order valence-electron chi connectivity index (χ1n) is 6.97. The van der Waals surface area contributed by atoms with Gasteiger partial charge in [-0.15, -0.1) is 0 Å². The van der Waals surface area contributed by atoms with Crippen LogP contribution in [0.15, 0.2) is 46.9 Å². The average molecular weight is 264 g/mol. The van der Waals surface area contributed by atoms with Gasteiger partial charge in [-0.3, -0.25) is 0 Å². The molecule has 1 unspecified atom stereocenters. The summed E-state index contributed by atoms with van der Waals surface area (Å²) in [6, 6.07) is 14.7. The van der Waals surface area contributed by atoms with E-state index in [-0.39, 0.29) is 5.92 Å². The summed E-state index contributed by atoms with van der Waals surface area (Å²) in [5, 5.41) is 3.45. The predicted molar refractivity (Wildman–Crippen MR) is 78.7 cm³/mol. The van der Waals surface area contributed by atoms with Crippen molar-refractivity contribution in [3.63, 3.8) is 0 Å². The van der Waals surface area contributed by atoms with Crippen LogP contribution in [0, 0.1) is 6.92 Å². The SMILES string of the molecule is Cc1ccc2oc(C3CNCc4ccccc43)nc2c1. The van der Waals surface area contributed by atoms with Gasteiger partial charge in [0.05, 0.1) is 5.92 Å². The van der Waals surface area contributed by atoms with Gasteiger partial charge in [0.15, 0.2) is 5.58 Å². The van der Waals surface area contributed by atoms with Gasteiger partial charge in [0, 0.05) is 13.1 Å². The van der Waals surface area contributed by atoms with Gasteiger partial charge in [0.1, 0.15) is 5.52 Å². The number of hydrogen-bond donors (Lipinski definition) is 1. The second-order valence-electron chi connectivity index (χ2n) is 5.41. The summed E-state index contributed by atoms with van der Waals surface area (Å²) in [6.07, 6.45) is 0. The second kappa shape index (κ2) is 4.46. The quantitative estimate of drug-likeness (QED) is 0.732.